The average Bonchev–Trinajstić information content (AvgIpc) is 2.38. The third-order valence-corrected chi connectivity index (χ3v) is 4.81. The Morgan fingerprint density at radius 3 is 1.47 bits per heavy atom. The highest BCUT2D eigenvalue weighted by molar-refractivity contribution is 7.00. The molecule has 0 heterocycles. The number of hydrogen-bond donors (Lipinski definition) is 0. The molecule has 0 nitrogen and oxygen atoms in total. The highest BCUT2D eigenvalue weighted by Crippen LogP contribution is 2.03. The summed E-state index contributed by atoms with van der Waals surface area (Å²) in [5.41, 5.74) is 0. The molecule has 0 bridgehead atoms. The molecule has 2 rings (SSSR count). The van der Waals surface area contributed by atoms with E-state index in [0.717, 1.165) is 0 Å². The van der Waals surface area contributed by atoms with Gasteiger partial charge < -0.3 is 0 Å². The Bertz CT molecular complexity index is 533. The average molecular weight is 218 g/mol. The van der Waals surface area contributed by atoms with Gasteiger partial charge in [0.2, 0.25) is 0 Å². The van der Waals surface area contributed by atoms with Crippen LogP contribution in [0.2, 0.25) is 13.0 Å². The largest absolute Gasteiger partial charge is 0.112 e. The number of hydrogen-bond acceptors (Lipinski definition) is 0. The summed E-state index contributed by atoms with van der Waals surface area (Å²) in [5.74, 6) is 0. The van der Waals surface area contributed by atoms with Gasteiger partial charge in [0.1, 0.15) is 8.07 Å². The van der Waals surface area contributed by atoms with Crippen molar-refractivity contribution in [1.29, 1.82) is 0 Å². The molecule has 0 saturated carbocycles. The first-order chi connectivity index (χ1) is 9.71. The van der Waals surface area contributed by atoms with Gasteiger partial charge in [0.05, 0.1) is 0 Å². The normalized spacial score (nSPS) is 18.9. The van der Waals surface area contributed by atoms with E-state index in [-0.39, 0.29) is 0 Å². The molecule has 0 spiro atoms. The lowest BCUT2D eigenvalue weighted by Gasteiger charge is -2.23. The quantitative estimate of drug-likeness (QED) is 0.680. The molecule has 0 aliphatic heterocycles. The Hall–Kier alpha value is -1.34. The Balaban J connectivity index is 2.87. The summed E-state index contributed by atoms with van der Waals surface area (Å²) in [4.78, 5) is 0. The van der Waals surface area contributed by atoms with Crippen molar-refractivity contribution in [2.45, 2.75) is 13.0 Å². The molecular weight excluding hydrogens is 196 g/mol. The predicted molar refractivity (Wildman–Crippen MR) is 69.6 cm³/mol. The first-order valence-corrected chi connectivity index (χ1v) is 6.82. The SMILES string of the molecule is [2H]C([2H])([2H])[Si](c1ccccc1)(c1ccccc1)C([2H])([2H])[2H]. The molecule has 0 unspecified atom stereocenters. The van der Waals surface area contributed by atoms with Crippen LogP contribution in [0.5, 0.6) is 0 Å². The van der Waals surface area contributed by atoms with Crippen molar-refractivity contribution in [2.24, 2.45) is 0 Å². The maximum absolute atomic E-state index is 8.00. The van der Waals surface area contributed by atoms with E-state index in [1.54, 1.807) is 60.7 Å². The van der Waals surface area contributed by atoms with Crippen molar-refractivity contribution < 1.29 is 8.22 Å². The van der Waals surface area contributed by atoms with Gasteiger partial charge in [-0.3, -0.25) is 0 Å². The monoisotopic (exact) mass is 218 g/mol. The molecule has 1 heteroatoms. The van der Waals surface area contributed by atoms with Crippen LogP contribution in [0.1, 0.15) is 8.22 Å². The smallest absolute Gasteiger partial charge is 0.0626 e. The highest BCUT2D eigenvalue weighted by atomic mass is 28.3. The zero-order valence-electron chi connectivity index (χ0n) is 14.3. The Kier molecular flexibility index (Phi) is 1.38. The molecule has 0 aliphatic rings. The third kappa shape index (κ3) is 2.02. The molecule has 0 radical (unpaired) electrons. The van der Waals surface area contributed by atoms with Gasteiger partial charge in [-0.1, -0.05) is 84.0 Å². The van der Waals surface area contributed by atoms with Crippen LogP contribution in [0.15, 0.2) is 60.7 Å². The molecule has 2 aromatic rings. The van der Waals surface area contributed by atoms with Crippen LogP contribution >= 0.6 is 0 Å². The zero-order valence-corrected chi connectivity index (χ0v) is 9.27. The van der Waals surface area contributed by atoms with Gasteiger partial charge >= 0.3 is 0 Å². The summed E-state index contributed by atoms with van der Waals surface area (Å²) in [6.07, 6.45) is 0. The van der Waals surface area contributed by atoms with Crippen molar-refractivity contribution in [2.75, 3.05) is 0 Å². The Morgan fingerprint density at radius 1 is 0.733 bits per heavy atom. The van der Waals surface area contributed by atoms with Gasteiger partial charge in [-0.25, -0.2) is 0 Å². The van der Waals surface area contributed by atoms with Gasteiger partial charge in [0.25, 0.3) is 0 Å². The van der Waals surface area contributed by atoms with Crippen LogP contribution in [-0.4, -0.2) is 8.07 Å². The second-order valence-corrected chi connectivity index (χ2v) is 6.14. The standard InChI is InChI=1S/C14H16Si/c1-15(2,13-9-5-3-6-10-13)14-11-7-4-8-12-14/h3-12H,1-2H3/i1D3,2D3. The van der Waals surface area contributed by atoms with Crippen LogP contribution < -0.4 is 10.4 Å². The molecule has 0 amide bonds. The lowest BCUT2D eigenvalue weighted by Crippen LogP contribution is -2.52. The van der Waals surface area contributed by atoms with E-state index in [9.17, 15) is 0 Å². The van der Waals surface area contributed by atoms with E-state index in [1.165, 1.54) is 0 Å². The fourth-order valence-corrected chi connectivity index (χ4v) is 3.26. The Labute approximate surface area is 101 Å². The summed E-state index contributed by atoms with van der Waals surface area (Å²) >= 11 is 0. The van der Waals surface area contributed by atoms with Crippen molar-refractivity contribution in [1.82, 2.24) is 0 Å². The first-order valence-electron chi connectivity index (χ1n) is 7.82. The van der Waals surface area contributed by atoms with Crippen LogP contribution in [0, 0.1) is 0 Å². The maximum Gasteiger partial charge on any atom is 0.112 e. The fraction of sp³-hybridized carbons (Fsp3) is 0.143. The van der Waals surface area contributed by atoms with E-state index in [0.29, 0.717) is 10.4 Å². The zero-order chi connectivity index (χ0) is 15.7. The molecule has 15 heavy (non-hydrogen) atoms. The molecule has 0 atom stereocenters. The second-order valence-electron chi connectivity index (χ2n) is 3.48. The van der Waals surface area contributed by atoms with Crippen LogP contribution in [0.4, 0.5) is 0 Å². The van der Waals surface area contributed by atoms with Gasteiger partial charge in [-0.05, 0) is 0 Å². The lowest BCUT2D eigenvalue weighted by atomic mass is 10.4. The minimum absolute atomic E-state index is 0.413. The van der Waals surface area contributed by atoms with E-state index < -0.39 is 21.0 Å². The summed E-state index contributed by atoms with van der Waals surface area (Å²) in [6, 6.07) is 16.8. The molecule has 0 saturated heterocycles. The molecule has 0 N–H and O–H groups in total. The summed E-state index contributed by atoms with van der Waals surface area (Å²) < 4.78 is 48.0. The van der Waals surface area contributed by atoms with E-state index in [2.05, 4.69) is 0 Å². The third-order valence-electron chi connectivity index (χ3n) is 2.41. The first kappa shape index (κ1) is 5.13. The predicted octanol–water partition coefficient (Wildman–Crippen LogP) is 2.51. The van der Waals surface area contributed by atoms with Crippen molar-refractivity contribution in [3.63, 3.8) is 0 Å². The fourth-order valence-electron chi connectivity index (χ4n) is 1.54. The number of benzene rings is 2. The van der Waals surface area contributed by atoms with E-state index in [4.69, 9.17) is 8.22 Å². The summed E-state index contributed by atoms with van der Waals surface area (Å²) in [7, 11) is -3.95. The lowest BCUT2D eigenvalue weighted by molar-refractivity contribution is 1.67. The van der Waals surface area contributed by atoms with Crippen molar-refractivity contribution in [3.05, 3.63) is 60.7 Å². The van der Waals surface area contributed by atoms with Gasteiger partial charge in [-0.15, -0.1) is 0 Å². The van der Waals surface area contributed by atoms with Crippen LogP contribution in [-0.2, 0) is 0 Å². The van der Waals surface area contributed by atoms with E-state index >= 15 is 0 Å². The minimum atomic E-state index is -3.95. The summed E-state index contributed by atoms with van der Waals surface area (Å²) in [5, 5.41) is 0.826. The summed E-state index contributed by atoms with van der Waals surface area (Å²) in [6.45, 7) is -5.14. The Morgan fingerprint density at radius 2 is 1.13 bits per heavy atom. The van der Waals surface area contributed by atoms with Crippen LogP contribution in [0.3, 0.4) is 0 Å². The van der Waals surface area contributed by atoms with Gasteiger partial charge in [-0.2, -0.15) is 0 Å². The molecule has 0 aliphatic carbocycles. The number of rotatable bonds is 2. The van der Waals surface area contributed by atoms with Gasteiger partial charge in [0, 0.05) is 8.22 Å². The molecule has 76 valence electrons. The maximum atomic E-state index is 8.00. The molecule has 0 fully saturated rings. The van der Waals surface area contributed by atoms with Gasteiger partial charge in [0.15, 0.2) is 0 Å². The molecular formula is C14H16Si. The minimum Gasteiger partial charge on any atom is -0.0626 e. The van der Waals surface area contributed by atoms with E-state index in [1.807, 2.05) is 0 Å². The highest BCUT2D eigenvalue weighted by Gasteiger charge is 2.24. The second kappa shape index (κ2) is 4.03. The van der Waals surface area contributed by atoms with Crippen LogP contribution in [0.25, 0.3) is 0 Å². The van der Waals surface area contributed by atoms with Crippen molar-refractivity contribution in [3.8, 4) is 0 Å². The molecule has 2 aromatic carbocycles. The topological polar surface area (TPSA) is 0 Å². The van der Waals surface area contributed by atoms with Crippen molar-refractivity contribution >= 4 is 18.4 Å². The molecule has 0 aromatic heterocycles.